The van der Waals surface area contributed by atoms with E-state index >= 15 is 0 Å². The number of nitrogens with one attached hydrogen (secondary N) is 1. The Balaban J connectivity index is 1.32. The molecule has 1 N–H and O–H groups in total. The second-order valence-corrected chi connectivity index (χ2v) is 6.65. The van der Waals surface area contributed by atoms with Crippen LogP contribution in [0.15, 0.2) is 47.1 Å². The maximum absolute atomic E-state index is 12.2. The van der Waals surface area contributed by atoms with Gasteiger partial charge in [-0.2, -0.15) is 0 Å². The molecule has 0 atom stereocenters. The molecule has 1 aromatic carbocycles. The Kier molecular flexibility index (Phi) is 4.82. The lowest BCUT2D eigenvalue weighted by Gasteiger charge is -2.27. The predicted octanol–water partition coefficient (Wildman–Crippen LogP) is 3.07. The minimum Gasteiger partial charge on any atom is -0.357 e. The van der Waals surface area contributed by atoms with Gasteiger partial charge in [-0.3, -0.25) is 4.79 Å². The molecule has 26 heavy (non-hydrogen) atoms. The molecular weight excluding hydrogens is 328 g/mol. The fourth-order valence-electron chi connectivity index (χ4n) is 3.31. The smallest absolute Gasteiger partial charge is 0.226 e. The Labute approximate surface area is 152 Å². The summed E-state index contributed by atoms with van der Waals surface area (Å²) in [7, 11) is 0. The molecule has 0 spiro atoms. The van der Waals surface area contributed by atoms with E-state index in [0.717, 1.165) is 29.9 Å². The van der Waals surface area contributed by atoms with Crippen molar-refractivity contribution >= 4 is 22.7 Å². The molecular formula is C20H22N4O2. The molecule has 0 saturated carbocycles. The van der Waals surface area contributed by atoms with E-state index in [1.54, 1.807) is 0 Å². The molecule has 1 amide bonds. The quantitative estimate of drug-likeness (QED) is 0.766. The Bertz CT molecular complexity index is 882. The molecule has 3 aromatic rings. The summed E-state index contributed by atoms with van der Waals surface area (Å²) in [5, 5.41) is 7.81. The first-order valence-corrected chi connectivity index (χ1v) is 9.09. The fourth-order valence-corrected chi connectivity index (χ4v) is 3.31. The third-order valence-electron chi connectivity index (χ3n) is 4.76. The van der Waals surface area contributed by atoms with Gasteiger partial charge in [0.2, 0.25) is 5.91 Å². The highest BCUT2D eigenvalue weighted by Gasteiger charge is 2.13. The Morgan fingerprint density at radius 1 is 1.12 bits per heavy atom. The number of benzene rings is 1. The molecule has 0 radical (unpaired) electrons. The van der Waals surface area contributed by atoms with Gasteiger partial charge in [-0.1, -0.05) is 23.4 Å². The second-order valence-electron chi connectivity index (χ2n) is 6.65. The van der Waals surface area contributed by atoms with Crippen molar-refractivity contribution in [3.05, 3.63) is 53.9 Å². The number of pyridine rings is 1. The predicted molar refractivity (Wildman–Crippen MR) is 99.9 cm³/mol. The third kappa shape index (κ3) is 3.69. The minimum absolute atomic E-state index is 0.0795. The normalized spacial score (nSPS) is 14.5. The maximum Gasteiger partial charge on any atom is 0.226 e. The Morgan fingerprint density at radius 3 is 2.77 bits per heavy atom. The van der Waals surface area contributed by atoms with Crippen LogP contribution in [0.5, 0.6) is 0 Å². The van der Waals surface area contributed by atoms with Crippen LogP contribution in [0.1, 0.15) is 30.5 Å². The SMILES string of the molecule is O=C(Cc1noc2ccccc12)NCc1ccc(N2CCCCC2)nc1. The van der Waals surface area contributed by atoms with Crippen LogP contribution in [0, 0.1) is 0 Å². The van der Waals surface area contributed by atoms with Crippen molar-refractivity contribution in [1.82, 2.24) is 15.5 Å². The van der Waals surface area contributed by atoms with Gasteiger partial charge in [0.1, 0.15) is 11.5 Å². The van der Waals surface area contributed by atoms with Crippen molar-refractivity contribution in [2.24, 2.45) is 0 Å². The van der Waals surface area contributed by atoms with E-state index in [0.29, 0.717) is 17.8 Å². The lowest BCUT2D eigenvalue weighted by Crippen LogP contribution is -2.30. The van der Waals surface area contributed by atoms with Gasteiger partial charge in [0.05, 0.1) is 6.42 Å². The maximum atomic E-state index is 12.2. The highest BCUT2D eigenvalue weighted by atomic mass is 16.5. The number of anilines is 1. The van der Waals surface area contributed by atoms with Crippen LogP contribution in [-0.4, -0.2) is 29.1 Å². The van der Waals surface area contributed by atoms with Crippen LogP contribution in [0.4, 0.5) is 5.82 Å². The first-order valence-electron chi connectivity index (χ1n) is 9.09. The first-order chi connectivity index (χ1) is 12.8. The van der Waals surface area contributed by atoms with Gasteiger partial charge in [0, 0.05) is 31.2 Å². The molecule has 2 aromatic heterocycles. The number of rotatable bonds is 5. The van der Waals surface area contributed by atoms with Crippen molar-refractivity contribution in [3.63, 3.8) is 0 Å². The molecule has 0 aliphatic carbocycles. The zero-order chi connectivity index (χ0) is 17.8. The molecule has 1 aliphatic heterocycles. The molecule has 3 heterocycles. The number of para-hydroxylation sites is 1. The van der Waals surface area contributed by atoms with Crippen molar-refractivity contribution in [1.29, 1.82) is 0 Å². The standard InChI is InChI=1S/C20H22N4O2/c25-20(12-17-16-6-2-3-7-18(16)26-23-17)22-14-15-8-9-19(21-13-15)24-10-4-1-5-11-24/h2-3,6-9,13H,1,4-5,10-12,14H2,(H,22,25). The summed E-state index contributed by atoms with van der Waals surface area (Å²) >= 11 is 0. The number of fused-ring (bicyclic) bond motifs is 1. The van der Waals surface area contributed by atoms with Crippen LogP contribution in [-0.2, 0) is 17.8 Å². The van der Waals surface area contributed by atoms with Gasteiger partial charge in [-0.25, -0.2) is 4.98 Å². The van der Waals surface area contributed by atoms with Crippen LogP contribution >= 0.6 is 0 Å². The fraction of sp³-hybridized carbons (Fsp3) is 0.350. The topological polar surface area (TPSA) is 71.3 Å². The number of hydrogen-bond donors (Lipinski definition) is 1. The number of piperidine rings is 1. The molecule has 134 valence electrons. The number of hydrogen-bond acceptors (Lipinski definition) is 5. The zero-order valence-electron chi connectivity index (χ0n) is 14.6. The molecule has 1 saturated heterocycles. The van der Waals surface area contributed by atoms with Gasteiger partial charge in [0.25, 0.3) is 0 Å². The van der Waals surface area contributed by atoms with Crippen LogP contribution in [0.3, 0.4) is 0 Å². The molecule has 0 bridgehead atoms. The van der Waals surface area contributed by atoms with E-state index in [1.165, 1.54) is 19.3 Å². The van der Waals surface area contributed by atoms with Gasteiger partial charge in [-0.05, 0) is 43.0 Å². The average molecular weight is 350 g/mol. The van der Waals surface area contributed by atoms with Crippen molar-refractivity contribution in [3.8, 4) is 0 Å². The van der Waals surface area contributed by atoms with Gasteiger partial charge in [0.15, 0.2) is 5.58 Å². The van der Waals surface area contributed by atoms with Crippen molar-refractivity contribution in [2.45, 2.75) is 32.2 Å². The Morgan fingerprint density at radius 2 is 1.96 bits per heavy atom. The van der Waals surface area contributed by atoms with Gasteiger partial charge in [-0.15, -0.1) is 0 Å². The minimum atomic E-state index is -0.0795. The third-order valence-corrected chi connectivity index (χ3v) is 4.76. The summed E-state index contributed by atoms with van der Waals surface area (Å²) in [5.41, 5.74) is 2.36. The molecule has 0 unspecified atom stereocenters. The summed E-state index contributed by atoms with van der Waals surface area (Å²) in [6.45, 7) is 2.62. The van der Waals surface area contributed by atoms with Crippen molar-refractivity contribution < 1.29 is 9.32 Å². The van der Waals surface area contributed by atoms with Crippen LogP contribution in [0.2, 0.25) is 0 Å². The number of carbonyl (C=O) groups excluding carboxylic acids is 1. The summed E-state index contributed by atoms with van der Waals surface area (Å²) in [5.74, 6) is 0.943. The average Bonchev–Trinajstić information content (AvgIpc) is 3.10. The van der Waals surface area contributed by atoms with Crippen LogP contribution in [0.25, 0.3) is 11.0 Å². The summed E-state index contributed by atoms with van der Waals surface area (Å²) in [4.78, 5) is 19.1. The lowest BCUT2D eigenvalue weighted by atomic mass is 10.1. The highest BCUT2D eigenvalue weighted by Crippen LogP contribution is 2.19. The number of carbonyl (C=O) groups is 1. The largest absolute Gasteiger partial charge is 0.357 e. The summed E-state index contributed by atoms with van der Waals surface area (Å²) in [6, 6.07) is 11.6. The van der Waals surface area contributed by atoms with Gasteiger partial charge < -0.3 is 14.7 Å². The molecule has 6 heteroatoms. The van der Waals surface area contributed by atoms with E-state index in [-0.39, 0.29) is 12.3 Å². The molecule has 6 nitrogen and oxygen atoms in total. The first kappa shape index (κ1) is 16.6. The lowest BCUT2D eigenvalue weighted by molar-refractivity contribution is -0.120. The molecule has 1 fully saturated rings. The van der Waals surface area contributed by atoms with E-state index < -0.39 is 0 Å². The number of amides is 1. The van der Waals surface area contributed by atoms with Gasteiger partial charge >= 0.3 is 0 Å². The zero-order valence-corrected chi connectivity index (χ0v) is 14.6. The van der Waals surface area contributed by atoms with Crippen molar-refractivity contribution in [2.75, 3.05) is 18.0 Å². The molecule has 1 aliphatic rings. The van der Waals surface area contributed by atoms with E-state index in [9.17, 15) is 4.79 Å². The van der Waals surface area contributed by atoms with Crippen LogP contribution < -0.4 is 10.2 Å². The molecule has 4 rings (SSSR count). The number of aromatic nitrogens is 2. The summed E-state index contributed by atoms with van der Waals surface area (Å²) < 4.78 is 5.24. The number of nitrogens with zero attached hydrogens (tertiary/aromatic N) is 3. The summed E-state index contributed by atoms with van der Waals surface area (Å²) in [6.07, 6.45) is 5.82. The van der Waals surface area contributed by atoms with E-state index in [1.807, 2.05) is 42.6 Å². The monoisotopic (exact) mass is 350 g/mol. The Hall–Kier alpha value is -2.89. The second kappa shape index (κ2) is 7.56. The van der Waals surface area contributed by atoms with E-state index in [2.05, 4.69) is 20.4 Å². The highest BCUT2D eigenvalue weighted by molar-refractivity contribution is 5.86. The van der Waals surface area contributed by atoms with E-state index in [4.69, 9.17) is 4.52 Å².